The highest BCUT2D eigenvalue weighted by atomic mass is 16.6. The Kier molecular flexibility index (Phi) is 6.72. The maximum absolute atomic E-state index is 11.5. The fraction of sp³-hybridized carbons (Fsp3) is 0.846. The molecule has 0 radical (unpaired) electrons. The van der Waals surface area contributed by atoms with E-state index >= 15 is 0 Å². The lowest BCUT2D eigenvalue weighted by Gasteiger charge is -2.28. The summed E-state index contributed by atoms with van der Waals surface area (Å²) < 4.78 is 10.0. The van der Waals surface area contributed by atoms with E-state index in [1.165, 1.54) is 6.92 Å². The fourth-order valence-electron chi connectivity index (χ4n) is 2.20. The molecule has 0 atom stereocenters. The number of nitrogens with one attached hydrogen (secondary N) is 1. The molecule has 1 fully saturated rings. The standard InChI is InChI=1S/C13H23NO4/c1-3-14-11-4-6-12(7-5-11)18-13(16)8-9-17-10(2)15/h11-12,14H,3-9H2,1-2H3/t11-,12-. The van der Waals surface area contributed by atoms with Gasteiger partial charge in [0, 0.05) is 13.0 Å². The molecule has 0 aliphatic heterocycles. The highest BCUT2D eigenvalue weighted by Crippen LogP contribution is 2.21. The number of carbonyl (C=O) groups is 2. The quantitative estimate of drug-likeness (QED) is 0.729. The third kappa shape index (κ3) is 6.00. The van der Waals surface area contributed by atoms with Crippen LogP contribution < -0.4 is 5.32 Å². The van der Waals surface area contributed by atoms with Crippen molar-refractivity contribution in [2.45, 2.75) is 58.1 Å². The molecule has 1 saturated carbocycles. The first kappa shape index (κ1) is 15.0. The van der Waals surface area contributed by atoms with Crippen LogP contribution in [0, 0.1) is 0 Å². The van der Waals surface area contributed by atoms with Crippen LogP contribution in [0.5, 0.6) is 0 Å². The minimum atomic E-state index is -0.367. The smallest absolute Gasteiger partial charge is 0.309 e. The lowest BCUT2D eigenvalue weighted by molar-refractivity contribution is -0.153. The Morgan fingerprint density at radius 2 is 1.89 bits per heavy atom. The molecule has 5 heteroatoms. The molecule has 0 aromatic rings. The number of carbonyl (C=O) groups excluding carboxylic acids is 2. The molecule has 104 valence electrons. The van der Waals surface area contributed by atoms with Crippen LogP contribution in [-0.2, 0) is 19.1 Å². The second-order valence-electron chi connectivity index (χ2n) is 4.61. The number of esters is 2. The first-order chi connectivity index (χ1) is 8.61. The first-order valence-electron chi connectivity index (χ1n) is 6.68. The summed E-state index contributed by atoms with van der Waals surface area (Å²) >= 11 is 0. The van der Waals surface area contributed by atoms with Crippen LogP contribution in [0.3, 0.4) is 0 Å². The molecule has 0 heterocycles. The summed E-state index contributed by atoms with van der Waals surface area (Å²) in [5, 5.41) is 3.41. The Bertz CT molecular complexity index is 272. The molecule has 1 rings (SSSR count). The summed E-state index contributed by atoms with van der Waals surface area (Å²) in [4.78, 5) is 22.0. The monoisotopic (exact) mass is 257 g/mol. The molecular weight excluding hydrogens is 234 g/mol. The average Bonchev–Trinajstić information content (AvgIpc) is 2.31. The zero-order valence-corrected chi connectivity index (χ0v) is 11.2. The molecule has 1 aliphatic carbocycles. The van der Waals surface area contributed by atoms with Crippen molar-refractivity contribution in [1.82, 2.24) is 5.32 Å². The Labute approximate surface area is 108 Å². The van der Waals surface area contributed by atoms with Crippen molar-refractivity contribution >= 4 is 11.9 Å². The topological polar surface area (TPSA) is 64.6 Å². The Hall–Kier alpha value is -1.10. The fourth-order valence-corrected chi connectivity index (χ4v) is 2.20. The van der Waals surface area contributed by atoms with Gasteiger partial charge in [-0.25, -0.2) is 0 Å². The summed E-state index contributed by atoms with van der Waals surface area (Å²) in [5.74, 6) is -0.642. The molecular formula is C13H23NO4. The van der Waals surface area contributed by atoms with E-state index in [4.69, 9.17) is 9.47 Å². The number of ether oxygens (including phenoxy) is 2. The van der Waals surface area contributed by atoms with Gasteiger partial charge >= 0.3 is 11.9 Å². The second kappa shape index (κ2) is 8.08. The van der Waals surface area contributed by atoms with Gasteiger partial charge in [0.2, 0.25) is 0 Å². The van der Waals surface area contributed by atoms with Crippen LogP contribution in [0.1, 0.15) is 46.0 Å². The minimum absolute atomic E-state index is 0.0322. The van der Waals surface area contributed by atoms with E-state index in [1.807, 2.05) is 0 Å². The van der Waals surface area contributed by atoms with Gasteiger partial charge in [0.05, 0.1) is 6.42 Å². The molecule has 1 N–H and O–H groups in total. The van der Waals surface area contributed by atoms with Crippen LogP contribution >= 0.6 is 0 Å². The molecule has 5 nitrogen and oxygen atoms in total. The SMILES string of the molecule is CCN[C@H]1CC[C@H](OC(=O)CCOC(C)=O)CC1. The summed E-state index contributed by atoms with van der Waals surface area (Å²) in [5.41, 5.74) is 0. The Morgan fingerprint density at radius 3 is 2.44 bits per heavy atom. The van der Waals surface area contributed by atoms with Crippen molar-refractivity contribution in [3.05, 3.63) is 0 Å². The Morgan fingerprint density at radius 1 is 1.22 bits per heavy atom. The van der Waals surface area contributed by atoms with E-state index in [9.17, 15) is 9.59 Å². The number of hydrogen-bond acceptors (Lipinski definition) is 5. The van der Waals surface area contributed by atoms with Crippen LogP contribution in [-0.4, -0.2) is 37.2 Å². The van der Waals surface area contributed by atoms with Gasteiger partial charge in [0.15, 0.2) is 0 Å². The van der Waals surface area contributed by atoms with Gasteiger partial charge < -0.3 is 14.8 Å². The van der Waals surface area contributed by atoms with Gasteiger partial charge in [0.1, 0.15) is 12.7 Å². The molecule has 0 bridgehead atoms. The second-order valence-corrected chi connectivity index (χ2v) is 4.61. The van der Waals surface area contributed by atoms with Crippen LogP contribution in [0.15, 0.2) is 0 Å². The van der Waals surface area contributed by atoms with Crippen molar-refractivity contribution in [1.29, 1.82) is 0 Å². The van der Waals surface area contributed by atoms with Crippen LogP contribution in [0.25, 0.3) is 0 Å². The number of hydrogen-bond donors (Lipinski definition) is 1. The first-order valence-corrected chi connectivity index (χ1v) is 6.68. The zero-order chi connectivity index (χ0) is 13.4. The van der Waals surface area contributed by atoms with Gasteiger partial charge in [-0.1, -0.05) is 6.92 Å². The van der Waals surface area contributed by atoms with Gasteiger partial charge in [-0.2, -0.15) is 0 Å². The normalized spacial score (nSPS) is 23.4. The van der Waals surface area contributed by atoms with Gasteiger partial charge in [-0.05, 0) is 32.2 Å². The lowest BCUT2D eigenvalue weighted by atomic mass is 9.93. The molecule has 0 spiro atoms. The van der Waals surface area contributed by atoms with E-state index in [1.54, 1.807) is 0 Å². The van der Waals surface area contributed by atoms with Crippen LogP contribution in [0.2, 0.25) is 0 Å². The van der Waals surface area contributed by atoms with E-state index in [0.717, 1.165) is 32.2 Å². The predicted octanol–water partition coefficient (Wildman–Crippen LogP) is 1.40. The minimum Gasteiger partial charge on any atom is -0.465 e. The number of rotatable bonds is 6. The molecule has 0 unspecified atom stereocenters. The molecule has 0 aromatic heterocycles. The van der Waals surface area contributed by atoms with Crippen molar-refractivity contribution < 1.29 is 19.1 Å². The van der Waals surface area contributed by atoms with E-state index in [2.05, 4.69) is 12.2 Å². The van der Waals surface area contributed by atoms with Gasteiger partial charge in [-0.3, -0.25) is 9.59 Å². The summed E-state index contributed by atoms with van der Waals surface area (Å²) in [6.07, 6.45) is 4.11. The highest BCUT2D eigenvalue weighted by molar-refractivity contribution is 5.70. The summed E-state index contributed by atoms with van der Waals surface area (Å²) in [6.45, 7) is 4.52. The van der Waals surface area contributed by atoms with Gasteiger partial charge in [-0.15, -0.1) is 0 Å². The van der Waals surface area contributed by atoms with Crippen molar-refractivity contribution in [2.75, 3.05) is 13.2 Å². The maximum Gasteiger partial charge on any atom is 0.309 e. The van der Waals surface area contributed by atoms with E-state index < -0.39 is 0 Å². The summed E-state index contributed by atoms with van der Waals surface area (Å²) in [6, 6.07) is 0.561. The molecule has 0 saturated heterocycles. The summed E-state index contributed by atoms with van der Waals surface area (Å²) in [7, 11) is 0. The zero-order valence-electron chi connectivity index (χ0n) is 11.2. The van der Waals surface area contributed by atoms with Gasteiger partial charge in [0.25, 0.3) is 0 Å². The lowest BCUT2D eigenvalue weighted by Crippen LogP contribution is -2.35. The molecule has 18 heavy (non-hydrogen) atoms. The van der Waals surface area contributed by atoms with E-state index in [-0.39, 0.29) is 31.1 Å². The average molecular weight is 257 g/mol. The van der Waals surface area contributed by atoms with Crippen LogP contribution in [0.4, 0.5) is 0 Å². The maximum atomic E-state index is 11.5. The largest absolute Gasteiger partial charge is 0.465 e. The van der Waals surface area contributed by atoms with E-state index in [0.29, 0.717) is 6.04 Å². The molecule has 0 aromatic carbocycles. The third-order valence-corrected chi connectivity index (χ3v) is 3.08. The molecule has 1 aliphatic rings. The third-order valence-electron chi connectivity index (χ3n) is 3.08. The van der Waals surface area contributed by atoms with Crippen molar-refractivity contribution in [3.63, 3.8) is 0 Å². The van der Waals surface area contributed by atoms with Crippen molar-refractivity contribution in [3.8, 4) is 0 Å². The predicted molar refractivity (Wildman–Crippen MR) is 67.1 cm³/mol. The van der Waals surface area contributed by atoms with Crippen molar-refractivity contribution in [2.24, 2.45) is 0 Å². The highest BCUT2D eigenvalue weighted by Gasteiger charge is 2.23. The molecule has 0 amide bonds. The Balaban J connectivity index is 2.12.